The minimum absolute atomic E-state index is 0.000272. The first kappa shape index (κ1) is 20.6. The van der Waals surface area contributed by atoms with Crippen LogP contribution in [0, 0.1) is 6.92 Å². The van der Waals surface area contributed by atoms with Crippen LogP contribution >= 0.6 is 0 Å². The van der Waals surface area contributed by atoms with E-state index < -0.39 is 0 Å². The zero-order chi connectivity index (χ0) is 19.6. The topological polar surface area (TPSA) is 88.3 Å². The molecule has 0 radical (unpaired) electrons. The molecule has 0 saturated carbocycles. The Bertz CT molecular complexity index is 743. The number of furan rings is 1. The number of aliphatic hydroxyl groups is 1. The first-order valence-electron chi connectivity index (χ1n) is 9.09. The zero-order valence-corrected chi connectivity index (χ0v) is 16.4. The number of hydrogen-bond donors (Lipinski definition) is 3. The fourth-order valence-corrected chi connectivity index (χ4v) is 2.54. The number of benzene rings is 1. The lowest BCUT2D eigenvalue weighted by Gasteiger charge is -2.16. The van der Waals surface area contributed by atoms with E-state index in [0.29, 0.717) is 24.0 Å². The molecule has 0 aliphatic heterocycles. The summed E-state index contributed by atoms with van der Waals surface area (Å²) in [5.74, 6) is 3.68. The molecule has 0 amide bonds. The number of ether oxygens (including phenoxy) is 2. The molecular weight excluding hydrogens is 346 g/mol. The summed E-state index contributed by atoms with van der Waals surface area (Å²) in [4.78, 5) is 4.64. The standard InChI is InChI=1S/C20H29N3O4/c1-5-21-20(23-15(3)17-8-6-14(2)27-17)22-13-16-7-9-18(26-11-10-24)19(12-16)25-4/h6-9,12,15,24H,5,10-11,13H2,1-4H3,(H2,21,22,23). The normalized spacial score (nSPS) is 12.6. The van der Waals surface area contributed by atoms with Gasteiger partial charge in [0, 0.05) is 6.54 Å². The third kappa shape index (κ3) is 6.21. The first-order chi connectivity index (χ1) is 13.1. The molecule has 0 fully saturated rings. The number of nitrogens with zero attached hydrogens (tertiary/aromatic N) is 1. The lowest BCUT2D eigenvalue weighted by atomic mass is 10.2. The highest BCUT2D eigenvalue weighted by Gasteiger charge is 2.11. The molecule has 0 aliphatic rings. The minimum Gasteiger partial charge on any atom is -0.493 e. The van der Waals surface area contributed by atoms with E-state index in [1.54, 1.807) is 7.11 Å². The number of aliphatic imine (C=N–C) groups is 1. The van der Waals surface area contributed by atoms with Crippen molar-refractivity contribution in [2.75, 3.05) is 26.9 Å². The summed E-state index contributed by atoms with van der Waals surface area (Å²) in [6.07, 6.45) is 0. The van der Waals surface area contributed by atoms with Gasteiger partial charge in [-0.1, -0.05) is 6.07 Å². The molecule has 1 aromatic heterocycles. The van der Waals surface area contributed by atoms with Gasteiger partial charge in [-0.05, 0) is 50.6 Å². The molecule has 0 saturated heterocycles. The van der Waals surface area contributed by atoms with Crippen molar-refractivity contribution in [2.45, 2.75) is 33.4 Å². The monoisotopic (exact) mass is 375 g/mol. The van der Waals surface area contributed by atoms with E-state index in [-0.39, 0.29) is 19.3 Å². The molecule has 1 unspecified atom stereocenters. The van der Waals surface area contributed by atoms with Crippen molar-refractivity contribution in [3.05, 3.63) is 47.4 Å². The predicted octanol–water partition coefficient (Wildman–Crippen LogP) is 2.78. The molecule has 7 heteroatoms. The summed E-state index contributed by atoms with van der Waals surface area (Å²) in [5, 5.41) is 15.5. The molecule has 2 rings (SSSR count). The maximum atomic E-state index is 8.89. The highest BCUT2D eigenvalue weighted by atomic mass is 16.5. The van der Waals surface area contributed by atoms with Crippen molar-refractivity contribution >= 4 is 5.96 Å². The molecule has 1 aromatic carbocycles. The number of aliphatic hydroxyl groups excluding tert-OH is 1. The number of hydrogen-bond acceptors (Lipinski definition) is 5. The quantitative estimate of drug-likeness (QED) is 0.461. The number of nitrogens with one attached hydrogen (secondary N) is 2. The smallest absolute Gasteiger partial charge is 0.192 e. The largest absolute Gasteiger partial charge is 0.493 e. The van der Waals surface area contributed by atoms with Gasteiger partial charge in [-0.2, -0.15) is 0 Å². The third-order valence-electron chi connectivity index (χ3n) is 3.88. The Labute approximate surface area is 160 Å². The van der Waals surface area contributed by atoms with Crippen molar-refractivity contribution in [2.24, 2.45) is 4.99 Å². The van der Waals surface area contributed by atoms with Gasteiger partial charge in [0.1, 0.15) is 18.1 Å². The van der Waals surface area contributed by atoms with Crippen molar-refractivity contribution in [3.8, 4) is 11.5 Å². The lowest BCUT2D eigenvalue weighted by molar-refractivity contribution is 0.196. The van der Waals surface area contributed by atoms with Crippen LogP contribution in [0.25, 0.3) is 0 Å². The first-order valence-corrected chi connectivity index (χ1v) is 9.09. The van der Waals surface area contributed by atoms with E-state index in [1.165, 1.54) is 0 Å². The molecule has 27 heavy (non-hydrogen) atoms. The second-order valence-electron chi connectivity index (χ2n) is 6.07. The number of methoxy groups -OCH3 is 1. The average molecular weight is 375 g/mol. The van der Waals surface area contributed by atoms with Crippen LogP contribution in [0.4, 0.5) is 0 Å². The van der Waals surface area contributed by atoms with Crippen molar-refractivity contribution in [1.82, 2.24) is 10.6 Å². The Hall–Kier alpha value is -2.67. The highest BCUT2D eigenvalue weighted by molar-refractivity contribution is 5.80. The van der Waals surface area contributed by atoms with Gasteiger partial charge in [0.15, 0.2) is 17.5 Å². The van der Waals surface area contributed by atoms with Gasteiger partial charge in [-0.25, -0.2) is 4.99 Å². The van der Waals surface area contributed by atoms with Gasteiger partial charge >= 0.3 is 0 Å². The zero-order valence-electron chi connectivity index (χ0n) is 16.4. The number of rotatable bonds is 9. The molecule has 1 atom stereocenters. The van der Waals surface area contributed by atoms with Gasteiger partial charge < -0.3 is 29.6 Å². The summed E-state index contributed by atoms with van der Waals surface area (Å²) in [7, 11) is 1.59. The summed E-state index contributed by atoms with van der Waals surface area (Å²) in [6.45, 7) is 7.41. The Kier molecular flexibility index (Phi) is 8.00. The SMILES string of the molecule is CCNC(=NCc1ccc(OCCO)c(OC)c1)NC(C)c1ccc(C)o1. The second-order valence-corrected chi connectivity index (χ2v) is 6.07. The molecular formula is C20H29N3O4. The van der Waals surface area contributed by atoms with Crippen molar-refractivity contribution < 1.29 is 19.0 Å². The van der Waals surface area contributed by atoms with Crippen LogP contribution in [0.15, 0.2) is 39.7 Å². The number of guanidine groups is 1. The summed E-state index contributed by atoms with van der Waals surface area (Å²) >= 11 is 0. The highest BCUT2D eigenvalue weighted by Crippen LogP contribution is 2.28. The fraction of sp³-hybridized carbons (Fsp3) is 0.450. The lowest BCUT2D eigenvalue weighted by Crippen LogP contribution is -2.38. The van der Waals surface area contributed by atoms with Crippen LogP contribution in [0.2, 0.25) is 0 Å². The van der Waals surface area contributed by atoms with Gasteiger partial charge in [-0.3, -0.25) is 0 Å². The van der Waals surface area contributed by atoms with Gasteiger partial charge in [0.05, 0.1) is 26.3 Å². The maximum Gasteiger partial charge on any atom is 0.192 e. The second kappa shape index (κ2) is 10.5. The van der Waals surface area contributed by atoms with Gasteiger partial charge in [-0.15, -0.1) is 0 Å². The van der Waals surface area contributed by atoms with E-state index in [4.69, 9.17) is 19.0 Å². The molecule has 2 aromatic rings. The van der Waals surface area contributed by atoms with E-state index in [0.717, 1.165) is 23.6 Å². The van der Waals surface area contributed by atoms with Crippen LogP contribution in [0.1, 0.15) is 37.0 Å². The van der Waals surface area contributed by atoms with E-state index in [2.05, 4.69) is 15.6 Å². The third-order valence-corrected chi connectivity index (χ3v) is 3.88. The fourth-order valence-electron chi connectivity index (χ4n) is 2.54. The van der Waals surface area contributed by atoms with Crippen LogP contribution in [0.5, 0.6) is 11.5 Å². The molecule has 7 nitrogen and oxygen atoms in total. The molecule has 0 spiro atoms. The number of aryl methyl sites for hydroxylation is 1. The predicted molar refractivity (Wildman–Crippen MR) is 105 cm³/mol. The molecule has 0 aliphatic carbocycles. The molecule has 3 N–H and O–H groups in total. The summed E-state index contributed by atoms with van der Waals surface area (Å²) in [6, 6.07) is 9.56. The Morgan fingerprint density at radius 1 is 1.26 bits per heavy atom. The molecule has 1 heterocycles. The summed E-state index contributed by atoms with van der Waals surface area (Å²) in [5.41, 5.74) is 0.988. The average Bonchev–Trinajstić information content (AvgIpc) is 3.11. The Morgan fingerprint density at radius 2 is 2.07 bits per heavy atom. The minimum atomic E-state index is -0.0414. The molecule has 148 valence electrons. The molecule has 0 bridgehead atoms. The van der Waals surface area contributed by atoms with E-state index in [9.17, 15) is 0 Å². The van der Waals surface area contributed by atoms with Crippen LogP contribution < -0.4 is 20.1 Å². The summed E-state index contributed by atoms with van der Waals surface area (Å²) < 4.78 is 16.5. The Balaban J connectivity index is 2.07. The van der Waals surface area contributed by atoms with Crippen LogP contribution in [-0.4, -0.2) is 37.9 Å². The maximum absolute atomic E-state index is 8.89. The van der Waals surface area contributed by atoms with Gasteiger partial charge in [0.2, 0.25) is 0 Å². The Morgan fingerprint density at radius 3 is 2.70 bits per heavy atom. The van der Waals surface area contributed by atoms with Crippen molar-refractivity contribution in [1.29, 1.82) is 0 Å². The van der Waals surface area contributed by atoms with Gasteiger partial charge in [0.25, 0.3) is 0 Å². The van der Waals surface area contributed by atoms with E-state index in [1.807, 2.05) is 51.1 Å². The van der Waals surface area contributed by atoms with Crippen LogP contribution in [0.3, 0.4) is 0 Å². The van der Waals surface area contributed by atoms with E-state index >= 15 is 0 Å². The van der Waals surface area contributed by atoms with Crippen molar-refractivity contribution in [3.63, 3.8) is 0 Å². The van der Waals surface area contributed by atoms with Crippen LogP contribution in [-0.2, 0) is 6.54 Å².